The maximum absolute atomic E-state index is 4.54. The molecule has 2 nitrogen and oxygen atoms in total. The molecule has 0 N–H and O–H groups in total. The molecule has 206 valence electrons. The molecule has 6 aromatic rings. The van der Waals surface area contributed by atoms with Crippen molar-refractivity contribution in [2.45, 2.75) is 66.2 Å². The van der Waals surface area contributed by atoms with Crippen molar-refractivity contribution in [1.82, 2.24) is 9.97 Å². The summed E-state index contributed by atoms with van der Waals surface area (Å²) in [5, 5.41) is 5.29. The Morgan fingerprint density at radius 1 is 0.537 bits per heavy atom. The van der Waals surface area contributed by atoms with Crippen molar-refractivity contribution in [3.8, 4) is 22.5 Å². The normalized spacial score (nSPS) is 11.7. The quantitative estimate of drug-likeness (QED) is 0.181. The van der Waals surface area contributed by atoms with E-state index in [2.05, 4.69) is 150 Å². The fourth-order valence-corrected chi connectivity index (χ4v) is 5.35. The molecule has 0 fully saturated rings. The van der Waals surface area contributed by atoms with Gasteiger partial charge in [-0.05, 0) is 35.8 Å². The van der Waals surface area contributed by atoms with Crippen LogP contribution in [0.25, 0.3) is 44.1 Å². The van der Waals surface area contributed by atoms with Gasteiger partial charge in [0.05, 0.1) is 0 Å². The van der Waals surface area contributed by atoms with Crippen LogP contribution in [0.1, 0.15) is 63.8 Å². The van der Waals surface area contributed by atoms with Gasteiger partial charge in [0, 0.05) is 23.8 Å². The second-order valence-electron chi connectivity index (χ2n) is 13.0. The van der Waals surface area contributed by atoms with E-state index < -0.39 is 0 Å². The van der Waals surface area contributed by atoms with Crippen LogP contribution in [0.15, 0.2) is 97.3 Å². The third-order valence-electron chi connectivity index (χ3n) is 7.53. The Morgan fingerprint density at radius 3 is 1.24 bits per heavy atom. The summed E-state index contributed by atoms with van der Waals surface area (Å²) in [6, 6.07) is 30.6. The van der Waals surface area contributed by atoms with Gasteiger partial charge in [-0.15, -0.1) is 69.1 Å². The van der Waals surface area contributed by atoms with Crippen LogP contribution in [0.4, 0.5) is 0 Å². The molecule has 0 saturated heterocycles. The molecule has 0 aliphatic carbocycles. The van der Waals surface area contributed by atoms with E-state index in [9.17, 15) is 0 Å². The molecule has 3 heteroatoms. The fraction of sp³-hybridized carbons (Fsp3) is 0.263. The van der Waals surface area contributed by atoms with Gasteiger partial charge in [-0.2, -0.15) is 0 Å². The van der Waals surface area contributed by atoms with E-state index >= 15 is 0 Å². The maximum atomic E-state index is 4.54. The number of fused-ring (bicyclic) bond motifs is 2. The molecule has 0 aliphatic heterocycles. The summed E-state index contributed by atoms with van der Waals surface area (Å²) < 4.78 is 0. The summed E-state index contributed by atoms with van der Waals surface area (Å²) in [5.41, 5.74) is 10.0. The van der Waals surface area contributed by atoms with Gasteiger partial charge in [-0.3, -0.25) is 9.97 Å². The van der Waals surface area contributed by atoms with Gasteiger partial charge in [0.15, 0.2) is 0 Å². The average molecular weight is 616 g/mol. The van der Waals surface area contributed by atoms with Crippen molar-refractivity contribution < 1.29 is 26.2 Å². The summed E-state index contributed by atoms with van der Waals surface area (Å²) in [7, 11) is 0. The minimum absolute atomic E-state index is 0. The SMILES string of the molecule is Cc1ccc(-c2cc3c(C(C)(C)C)cccc3[cH-]2)nc1.Cc1ccc(-c2cc3c(C(C)(C)C)cccc3[cH-]2)nc1.[Zr+2]. The van der Waals surface area contributed by atoms with Crippen molar-refractivity contribution in [2.75, 3.05) is 0 Å². The van der Waals surface area contributed by atoms with Gasteiger partial charge in [-0.1, -0.05) is 101 Å². The van der Waals surface area contributed by atoms with Gasteiger partial charge < -0.3 is 0 Å². The zero-order valence-electron chi connectivity index (χ0n) is 25.6. The molecule has 6 rings (SSSR count). The molecular formula is C38H40N2Zr. The Hall–Kier alpha value is -3.16. The number of aromatic nitrogens is 2. The number of hydrogen-bond acceptors (Lipinski definition) is 2. The molecule has 2 aromatic heterocycles. The van der Waals surface area contributed by atoms with Crippen molar-refractivity contribution >= 4 is 21.5 Å². The third kappa shape index (κ3) is 6.84. The van der Waals surface area contributed by atoms with Crippen LogP contribution in [0.2, 0.25) is 0 Å². The number of nitrogens with zero attached hydrogens (tertiary/aromatic N) is 2. The molecule has 0 atom stereocenters. The van der Waals surface area contributed by atoms with E-state index in [1.54, 1.807) is 0 Å². The van der Waals surface area contributed by atoms with Gasteiger partial charge in [-0.25, -0.2) is 0 Å². The molecule has 4 aromatic carbocycles. The number of aryl methyl sites for hydroxylation is 2. The van der Waals surface area contributed by atoms with E-state index in [1.807, 2.05) is 12.4 Å². The molecule has 0 spiro atoms. The first-order valence-corrected chi connectivity index (χ1v) is 14.2. The van der Waals surface area contributed by atoms with E-state index in [0.29, 0.717) is 0 Å². The van der Waals surface area contributed by atoms with Crippen LogP contribution in [-0.2, 0) is 37.0 Å². The van der Waals surface area contributed by atoms with E-state index in [1.165, 1.54) is 54.9 Å². The Labute approximate surface area is 264 Å². The summed E-state index contributed by atoms with van der Waals surface area (Å²) >= 11 is 0. The minimum Gasteiger partial charge on any atom is -0.295 e. The molecule has 41 heavy (non-hydrogen) atoms. The zero-order valence-corrected chi connectivity index (χ0v) is 28.1. The summed E-state index contributed by atoms with van der Waals surface area (Å²) in [4.78, 5) is 9.07. The van der Waals surface area contributed by atoms with Gasteiger partial charge in [0.25, 0.3) is 0 Å². The molecular weight excluding hydrogens is 576 g/mol. The standard InChI is InChI=1S/2C19H20N.Zr/c2*1-13-8-9-18(20-12-13)15-10-14-6-5-7-17(16(14)11-15)19(2,3)4;/h2*5-12H,1-4H3;/q2*-1;+2. The van der Waals surface area contributed by atoms with Crippen molar-refractivity contribution in [2.24, 2.45) is 0 Å². The number of benzene rings is 2. The molecule has 0 radical (unpaired) electrons. The monoisotopic (exact) mass is 614 g/mol. The second-order valence-corrected chi connectivity index (χ2v) is 13.0. The fourth-order valence-electron chi connectivity index (χ4n) is 5.35. The van der Waals surface area contributed by atoms with Crippen LogP contribution >= 0.6 is 0 Å². The number of rotatable bonds is 2. The van der Waals surface area contributed by atoms with Crippen LogP contribution in [0.3, 0.4) is 0 Å². The van der Waals surface area contributed by atoms with E-state index in [4.69, 9.17) is 0 Å². The Bertz CT molecular complexity index is 1620. The van der Waals surface area contributed by atoms with Crippen molar-refractivity contribution in [3.05, 3.63) is 120 Å². The molecule has 2 heterocycles. The Morgan fingerprint density at radius 2 is 0.927 bits per heavy atom. The van der Waals surface area contributed by atoms with Crippen LogP contribution in [-0.4, -0.2) is 9.97 Å². The van der Waals surface area contributed by atoms with Gasteiger partial charge in [0.1, 0.15) is 0 Å². The number of pyridine rings is 2. The second kappa shape index (κ2) is 12.0. The van der Waals surface area contributed by atoms with Crippen LogP contribution in [0.5, 0.6) is 0 Å². The number of hydrogen-bond donors (Lipinski definition) is 0. The smallest absolute Gasteiger partial charge is 0.295 e. The Balaban J connectivity index is 0.000000184. The predicted molar refractivity (Wildman–Crippen MR) is 172 cm³/mol. The summed E-state index contributed by atoms with van der Waals surface area (Å²) in [6.07, 6.45) is 3.86. The predicted octanol–water partition coefficient (Wildman–Crippen LogP) is 10.5. The van der Waals surface area contributed by atoms with E-state index in [-0.39, 0.29) is 37.0 Å². The molecule has 0 saturated carbocycles. The van der Waals surface area contributed by atoms with E-state index in [0.717, 1.165) is 11.4 Å². The van der Waals surface area contributed by atoms with Crippen molar-refractivity contribution in [1.29, 1.82) is 0 Å². The largest absolute Gasteiger partial charge is 2.00 e. The van der Waals surface area contributed by atoms with Crippen LogP contribution < -0.4 is 0 Å². The summed E-state index contributed by atoms with van der Waals surface area (Å²) in [5.74, 6) is 0. The Kier molecular flexibility index (Phi) is 9.00. The first-order valence-electron chi connectivity index (χ1n) is 14.2. The van der Waals surface area contributed by atoms with Crippen molar-refractivity contribution in [3.63, 3.8) is 0 Å². The van der Waals surface area contributed by atoms with Crippen LogP contribution in [0, 0.1) is 13.8 Å². The first-order chi connectivity index (χ1) is 18.9. The molecule has 0 unspecified atom stereocenters. The third-order valence-corrected chi connectivity index (χ3v) is 7.53. The maximum Gasteiger partial charge on any atom is 2.00 e. The molecule has 0 bridgehead atoms. The minimum atomic E-state index is 0. The average Bonchev–Trinajstić information content (AvgIpc) is 3.53. The van der Waals surface area contributed by atoms with Gasteiger partial charge in [0.2, 0.25) is 0 Å². The molecule has 0 aliphatic rings. The topological polar surface area (TPSA) is 25.8 Å². The zero-order chi connectivity index (χ0) is 28.7. The molecule has 0 amide bonds. The van der Waals surface area contributed by atoms with Gasteiger partial charge >= 0.3 is 26.2 Å². The summed E-state index contributed by atoms with van der Waals surface area (Å²) in [6.45, 7) is 17.7. The first kappa shape index (κ1) is 30.8.